The summed E-state index contributed by atoms with van der Waals surface area (Å²) in [5.74, 6) is 2.42. The molecule has 4 heteroatoms. The molecule has 0 heterocycles. The molecule has 0 amide bonds. The molecule has 0 aromatic heterocycles. The van der Waals surface area contributed by atoms with E-state index in [1.54, 1.807) is 0 Å². The van der Waals surface area contributed by atoms with E-state index in [1.165, 1.54) is 19.3 Å². The van der Waals surface area contributed by atoms with Crippen molar-refractivity contribution in [1.82, 2.24) is 0 Å². The molecule has 0 aromatic carbocycles. The average Bonchev–Trinajstić information content (AvgIpc) is 2.91. The van der Waals surface area contributed by atoms with Crippen LogP contribution in [0, 0.1) is 40.4 Å². The summed E-state index contributed by atoms with van der Waals surface area (Å²) in [5.41, 5.74) is 1.21. The lowest BCUT2D eigenvalue weighted by Crippen LogP contribution is -2.58. The maximum absolute atomic E-state index is 10.3. The third-order valence-corrected chi connectivity index (χ3v) is 9.12. The van der Waals surface area contributed by atoms with Crippen LogP contribution < -0.4 is 0 Å². The molecule has 4 fully saturated rings. The van der Waals surface area contributed by atoms with E-state index in [0.29, 0.717) is 29.6 Å². The molecule has 4 aliphatic carbocycles. The summed E-state index contributed by atoms with van der Waals surface area (Å²) in [4.78, 5) is 0. The monoisotopic (exact) mass is 349 g/mol. The van der Waals surface area contributed by atoms with Gasteiger partial charge in [0.2, 0.25) is 0 Å². The predicted octanol–water partition coefficient (Wildman–Crippen LogP) is 3.83. The summed E-state index contributed by atoms with van der Waals surface area (Å²) in [7, 11) is 0. The van der Waals surface area contributed by atoms with Crippen LogP contribution in [0.1, 0.15) is 72.1 Å². The Hall–Kier alpha value is -0.610. The highest BCUT2D eigenvalue weighted by molar-refractivity contribution is 5.89. The molecule has 4 rings (SSSR count). The van der Waals surface area contributed by atoms with Crippen LogP contribution in [0.15, 0.2) is 5.16 Å². The van der Waals surface area contributed by atoms with E-state index in [1.807, 2.05) is 6.92 Å². The SMILES string of the molecule is CC(O)C1CCC2C3CCC4CC(O)CCC4(C)C3C(=NO)CC12C. The van der Waals surface area contributed by atoms with Gasteiger partial charge < -0.3 is 15.4 Å². The highest BCUT2D eigenvalue weighted by Gasteiger charge is 2.63. The minimum atomic E-state index is -0.289. The van der Waals surface area contributed by atoms with Crippen LogP contribution in [-0.4, -0.2) is 33.3 Å². The summed E-state index contributed by atoms with van der Waals surface area (Å²) in [6.07, 6.45) is 7.91. The highest BCUT2D eigenvalue weighted by Crippen LogP contribution is 2.66. The third-order valence-electron chi connectivity index (χ3n) is 9.12. The fourth-order valence-corrected chi connectivity index (χ4v) is 8.01. The molecule has 9 unspecified atom stereocenters. The molecule has 3 N–H and O–H groups in total. The fourth-order valence-electron chi connectivity index (χ4n) is 8.01. The Morgan fingerprint density at radius 3 is 2.52 bits per heavy atom. The number of nitrogens with zero attached hydrogens (tertiary/aromatic N) is 1. The van der Waals surface area contributed by atoms with Crippen molar-refractivity contribution in [2.75, 3.05) is 0 Å². The topological polar surface area (TPSA) is 73.0 Å². The maximum Gasteiger partial charge on any atom is 0.0615 e. The molecular weight excluding hydrogens is 314 g/mol. The number of hydrogen-bond acceptors (Lipinski definition) is 4. The molecule has 142 valence electrons. The minimum Gasteiger partial charge on any atom is -0.411 e. The van der Waals surface area contributed by atoms with E-state index in [0.717, 1.165) is 37.8 Å². The van der Waals surface area contributed by atoms with Gasteiger partial charge in [0.25, 0.3) is 0 Å². The van der Waals surface area contributed by atoms with Crippen molar-refractivity contribution in [3.8, 4) is 0 Å². The van der Waals surface area contributed by atoms with Crippen LogP contribution in [-0.2, 0) is 0 Å². The fraction of sp³-hybridized carbons (Fsp3) is 0.952. The van der Waals surface area contributed by atoms with Crippen molar-refractivity contribution in [2.24, 2.45) is 45.6 Å². The number of oxime groups is 1. The zero-order chi connectivity index (χ0) is 18.0. The van der Waals surface area contributed by atoms with Gasteiger partial charge in [-0.3, -0.25) is 0 Å². The van der Waals surface area contributed by atoms with Gasteiger partial charge in [-0.2, -0.15) is 0 Å². The third kappa shape index (κ3) is 2.43. The number of rotatable bonds is 1. The maximum atomic E-state index is 10.3. The number of hydrogen-bond donors (Lipinski definition) is 3. The molecular formula is C21H35NO3. The Balaban J connectivity index is 1.71. The smallest absolute Gasteiger partial charge is 0.0615 e. The van der Waals surface area contributed by atoms with Gasteiger partial charge in [0.1, 0.15) is 0 Å². The number of fused-ring (bicyclic) bond motifs is 5. The average molecular weight is 350 g/mol. The lowest BCUT2D eigenvalue weighted by Gasteiger charge is -2.60. The van der Waals surface area contributed by atoms with Crippen molar-refractivity contribution in [3.05, 3.63) is 0 Å². The summed E-state index contributed by atoms with van der Waals surface area (Å²) in [6, 6.07) is 0. The Bertz CT molecular complexity index is 561. The van der Waals surface area contributed by atoms with Crippen LogP contribution in [0.3, 0.4) is 0 Å². The van der Waals surface area contributed by atoms with Crippen LogP contribution >= 0.6 is 0 Å². The van der Waals surface area contributed by atoms with E-state index in [2.05, 4.69) is 19.0 Å². The first-order chi connectivity index (χ1) is 11.8. The molecule has 9 atom stereocenters. The first kappa shape index (κ1) is 17.8. The van der Waals surface area contributed by atoms with Crippen LogP contribution in [0.4, 0.5) is 0 Å². The van der Waals surface area contributed by atoms with Gasteiger partial charge in [-0.05, 0) is 92.8 Å². The predicted molar refractivity (Wildman–Crippen MR) is 97.5 cm³/mol. The molecule has 4 aliphatic rings. The van der Waals surface area contributed by atoms with Crippen LogP contribution in [0.25, 0.3) is 0 Å². The minimum absolute atomic E-state index is 0.0638. The van der Waals surface area contributed by atoms with Crippen molar-refractivity contribution < 1.29 is 15.4 Å². The Morgan fingerprint density at radius 2 is 1.84 bits per heavy atom. The molecule has 0 aliphatic heterocycles. The van der Waals surface area contributed by atoms with Gasteiger partial charge in [-0.1, -0.05) is 19.0 Å². The number of aliphatic hydroxyl groups excluding tert-OH is 2. The highest BCUT2D eigenvalue weighted by atomic mass is 16.4. The first-order valence-corrected chi connectivity index (χ1v) is 10.4. The number of aliphatic hydroxyl groups is 2. The van der Waals surface area contributed by atoms with Gasteiger partial charge in [0, 0.05) is 5.92 Å². The molecule has 0 spiro atoms. The summed E-state index contributed by atoms with van der Waals surface area (Å²) in [6.45, 7) is 6.67. The van der Waals surface area contributed by atoms with Crippen molar-refractivity contribution in [1.29, 1.82) is 0 Å². The van der Waals surface area contributed by atoms with Crippen molar-refractivity contribution in [2.45, 2.75) is 84.3 Å². The normalized spacial score (nSPS) is 55.3. The Kier molecular flexibility index (Phi) is 4.23. The second-order valence-electron chi connectivity index (χ2n) is 10.2. The molecule has 4 nitrogen and oxygen atoms in total. The van der Waals surface area contributed by atoms with Crippen molar-refractivity contribution >= 4 is 5.71 Å². The molecule has 0 saturated heterocycles. The summed E-state index contributed by atoms with van der Waals surface area (Å²) >= 11 is 0. The zero-order valence-electron chi connectivity index (χ0n) is 16.0. The lowest BCUT2D eigenvalue weighted by atomic mass is 9.44. The summed E-state index contributed by atoms with van der Waals surface area (Å²) < 4.78 is 0. The molecule has 0 bridgehead atoms. The van der Waals surface area contributed by atoms with Gasteiger partial charge in [-0.25, -0.2) is 0 Å². The van der Waals surface area contributed by atoms with E-state index >= 15 is 0 Å². The lowest BCUT2D eigenvalue weighted by molar-refractivity contribution is -0.0897. The van der Waals surface area contributed by atoms with Crippen molar-refractivity contribution in [3.63, 3.8) is 0 Å². The molecule has 4 saturated carbocycles. The first-order valence-electron chi connectivity index (χ1n) is 10.4. The Labute approximate surface area is 151 Å². The second kappa shape index (κ2) is 5.95. The van der Waals surface area contributed by atoms with Gasteiger partial charge in [-0.15, -0.1) is 0 Å². The molecule has 25 heavy (non-hydrogen) atoms. The zero-order valence-corrected chi connectivity index (χ0v) is 16.0. The summed E-state index contributed by atoms with van der Waals surface area (Å²) in [5, 5.41) is 34.3. The Morgan fingerprint density at radius 1 is 1.08 bits per heavy atom. The van der Waals surface area contributed by atoms with E-state index in [-0.39, 0.29) is 23.0 Å². The quantitative estimate of drug-likeness (QED) is 0.497. The largest absolute Gasteiger partial charge is 0.411 e. The van der Waals surface area contributed by atoms with E-state index in [4.69, 9.17) is 0 Å². The van der Waals surface area contributed by atoms with Crippen LogP contribution in [0.5, 0.6) is 0 Å². The standard InChI is InChI=1S/C21H35NO3/c1-12(23)16-6-7-17-15-5-4-13-10-14(24)8-9-20(13,2)19(15)18(22-25)11-21(16,17)3/h12-17,19,23-25H,4-11H2,1-3H3. The second-order valence-corrected chi connectivity index (χ2v) is 10.2. The van der Waals surface area contributed by atoms with Gasteiger partial charge in [0.15, 0.2) is 0 Å². The van der Waals surface area contributed by atoms with Crippen LogP contribution in [0.2, 0.25) is 0 Å². The van der Waals surface area contributed by atoms with Gasteiger partial charge >= 0.3 is 0 Å². The van der Waals surface area contributed by atoms with Gasteiger partial charge in [0.05, 0.1) is 17.9 Å². The molecule has 0 radical (unpaired) electrons. The van der Waals surface area contributed by atoms with E-state index < -0.39 is 0 Å². The molecule has 0 aromatic rings. The van der Waals surface area contributed by atoms with E-state index in [9.17, 15) is 15.4 Å².